The van der Waals surface area contributed by atoms with Crippen LogP contribution in [-0.2, 0) is 11.0 Å². The number of nitrogens with two attached hydrogens (primary N) is 1. The SMILES string of the molecule is CCCC(N)C(=O)NCCOc1ccc(C(F)(F)F)cc1. The van der Waals surface area contributed by atoms with E-state index < -0.39 is 17.8 Å². The van der Waals surface area contributed by atoms with Gasteiger partial charge in [-0.25, -0.2) is 0 Å². The molecule has 0 saturated heterocycles. The van der Waals surface area contributed by atoms with Crippen LogP contribution >= 0.6 is 0 Å². The number of nitrogens with one attached hydrogen (secondary N) is 1. The highest BCUT2D eigenvalue weighted by Gasteiger charge is 2.29. The number of halogens is 3. The standard InChI is InChI=1S/C14H19F3N2O2/c1-2-3-12(18)13(20)19-8-9-21-11-6-4-10(5-7-11)14(15,16)17/h4-7,12H,2-3,8-9,18H2,1H3,(H,19,20). The van der Waals surface area contributed by atoms with E-state index >= 15 is 0 Å². The molecule has 1 unspecified atom stereocenters. The average Bonchev–Trinajstić information content (AvgIpc) is 2.43. The van der Waals surface area contributed by atoms with Crippen LogP contribution in [0.4, 0.5) is 13.2 Å². The third-order valence-electron chi connectivity index (χ3n) is 2.79. The lowest BCUT2D eigenvalue weighted by Crippen LogP contribution is -2.41. The molecule has 0 aliphatic heterocycles. The first-order valence-corrected chi connectivity index (χ1v) is 6.68. The Hall–Kier alpha value is -1.76. The van der Waals surface area contributed by atoms with Crippen molar-refractivity contribution in [3.05, 3.63) is 29.8 Å². The van der Waals surface area contributed by atoms with Crippen molar-refractivity contribution in [1.29, 1.82) is 0 Å². The van der Waals surface area contributed by atoms with E-state index in [0.29, 0.717) is 12.2 Å². The minimum atomic E-state index is -4.36. The molecule has 0 bridgehead atoms. The molecule has 7 heteroatoms. The monoisotopic (exact) mass is 304 g/mol. The van der Waals surface area contributed by atoms with Crippen LogP contribution in [0.3, 0.4) is 0 Å². The maximum atomic E-state index is 12.4. The summed E-state index contributed by atoms with van der Waals surface area (Å²) in [7, 11) is 0. The van der Waals surface area contributed by atoms with Gasteiger partial charge in [-0.1, -0.05) is 13.3 Å². The molecule has 0 heterocycles. The van der Waals surface area contributed by atoms with Gasteiger partial charge in [0.25, 0.3) is 0 Å². The van der Waals surface area contributed by atoms with E-state index in [1.807, 2.05) is 6.92 Å². The molecule has 4 nitrogen and oxygen atoms in total. The molecule has 1 aromatic carbocycles. The molecule has 0 saturated carbocycles. The smallest absolute Gasteiger partial charge is 0.416 e. The first-order valence-electron chi connectivity index (χ1n) is 6.68. The number of alkyl halides is 3. The van der Waals surface area contributed by atoms with Crippen molar-refractivity contribution in [1.82, 2.24) is 5.32 Å². The second kappa shape index (κ2) is 7.87. The van der Waals surface area contributed by atoms with Crippen molar-refractivity contribution in [3.63, 3.8) is 0 Å². The Balaban J connectivity index is 2.32. The van der Waals surface area contributed by atoms with Crippen LogP contribution < -0.4 is 15.8 Å². The Labute approximate surface area is 121 Å². The molecule has 1 rings (SSSR count). The van der Waals surface area contributed by atoms with Crippen LogP contribution in [0.25, 0.3) is 0 Å². The zero-order valence-electron chi connectivity index (χ0n) is 11.7. The number of hydrogen-bond donors (Lipinski definition) is 2. The zero-order chi connectivity index (χ0) is 15.9. The average molecular weight is 304 g/mol. The van der Waals surface area contributed by atoms with E-state index in [-0.39, 0.29) is 19.1 Å². The fourth-order valence-corrected chi connectivity index (χ4v) is 1.66. The molecule has 3 N–H and O–H groups in total. The summed E-state index contributed by atoms with van der Waals surface area (Å²) in [6.45, 7) is 2.34. The second-order valence-corrected chi connectivity index (χ2v) is 4.56. The molecule has 1 atom stereocenters. The first kappa shape index (κ1) is 17.3. The molecule has 21 heavy (non-hydrogen) atoms. The number of hydrogen-bond acceptors (Lipinski definition) is 3. The quantitative estimate of drug-likeness (QED) is 0.760. The number of carbonyl (C=O) groups excluding carboxylic acids is 1. The molecule has 0 aromatic heterocycles. The van der Waals surface area contributed by atoms with Gasteiger partial charge >= 0.3 is 6.18 Å². The number of ether oxygens (including phenoxy) is 1. The molecule has 0 aliphatic carbocycles. The maximum absolute atomic E-state index is 12.4. The summed E-state index contributed by atoms with van der Waals surface area (Å²) < 4.78 is 42.3. The molecule has 0 aliphatic rings. The van der Waals surface area contributed by atoms with Gasteiger partial charge in [0.1, 0.15) is 12.4 Å². The number of rotatable bonds is 7. The molecule has 0 spiro atoms. The van der Waals surface area contributed by atoms with Gasteiger partial charge in [0, 0.05) is 0 Å². The maximum Gasteiger partial charge on any atom is 0.416 e. The van der Waals surface area contributed by atoms with Gasteiger partial charge in [-0.2, -0.15) is 13.2 Å². The predicted molar refractivity (Wildman–Crippen MR) is 72.8 cm³/mol. The fraction of sp³-hybridized carbons (Fsp3) is 0.500. The highest BCUT2D eigenvalue weighted by molar-refractivity contribution is 5.81. The van der Waals surface area contributed by atoms with Crippen LogP contribution in [0.2, 0.25) is 0 Å². The number of carbonyl (C=O) groups is 1. The molecule has 1 amide bonds. The van der Waals surface area contributed by atoms with Crippen molar-refractivity contribution in [3.8, 4) is 5.75 Å². The third-order valence-corrected chi connectivity index (χ3v) is 2.79. The van der Waals surface area contributed by atoms with Crippen LogP contribution in [0.15, 0.2) is 24.3 Å². The van der Waals surface area contributed by atoms with Gasteiger partial charge in [0.2, 0.25) is 5.91 Å². The van der Waals surface area contributed by atoms with Gasteiger partial charge in [-0.3, -0.25) is 4.79 Å². The number of amides is 1. The highest BCUT2D eigenvalue weighted by Crippen LogP contribution is 2.30. The summed E-state index contributed by atoms with van der Waals surface area (Å²) in [6.07, 6.45) is -2.94. The summed E-state index contributed by atoms with van der Waals surface area (Å²) in [5, 5.41) is 2.60. The summed E-state index contributed by atoms with van der Waals surface area (Å²) in [6, 6.07) is 3.85. The molecule has 0 fully saturated rings. The Kier molecular flexibility index (Phi) is 6.48. The Morgan fingerprint density at radius 2 is 1.95 bits per heavy atom. The van der Waals surface area contributed by atoms with Crippen molar-refractivity contribution in [2.45, 2.75) is 32.0 Å². The fourth-order valence-electron chi connectivity index (χ4n) is 1.66. The van der Waals surface area contributed by atoms with Crippen LogP contribution in [0.5, 0.6) is 5.75 Å². The van der Waals surface area contributed by atoms with E-state index in [9.17, 15) is 18.0 Å². The van der Waals surface area contributed by atoms with Crippen LogP contribution in [0, 0.1) is 0 Å². The molecule has 1 aromatic rings. The molecular weight excluding hydrogens is 285 g/mol. The Morgan fingerprint density at radius 3 is 2.48 bits per heavy atom. The van der Waals surface area contributed by atoms with Crippen molar-refractivity contribution in [2.75, 3.05) is 13.2 Å². The predicted octanol–water partition coefficient (Wildman–Crippen LogP) is 2.33. The normalized spacial score (nSPS) is 12.8. The number of benzene rings is 1. The van der Waals surface area contributed by atoms with E-state index in [0.717, 1.165) is 18.6 Å². The zero-order valence-corrected chi connectivity index (χ0v) is 11.7. The van der Waals surface area contributed by atoms with Crippen molar-refractivity contribution < 1.29 is 22.7 Å². The second-order valence-electron chi connectivity index (χ2n) is 4.56. The first-order chi connectivity index (χ1) is 9.84. The summed E-state index contributed by atoms with van der Waals surface area (Å²) in [5.74, 6) is 0.0583. The lowest BCUT2D eigenvalue weighted by Gasteiger charge is -2.12. The van der Waals surface area contributed by atoms with Gasteiger partial charge in [0.15, 0.2) is 0 Å². The minimum Gasteiger partial charge on any atom is -0.492 e. The van der Waals surface area contributed by atoms with E-state index in [4.69, 9.17) is 10.5 Å². The third kappa shape index (κ3) is 6.03. The largest absolute Gasteiger partial charge is 0.492 e. The molecular formula is C14H19F3N2O2. The van der Waals surface area contributed by atoms with Gasteiger partial charge in [-0.15, -0.1) is 0 Å². The molecule has 118 valence electrons. The lowest BCUT2D eigenvalue weighted by molar-refractivity contribution is -0.137. The topological polar surface area (TPSA) is 64.4 Å². The van der Waals surface area contributed by atoms with Crippen molar-refractivity contribution >= 4 is 5.91 Å². The summed E-state index contributed by atoms with van der Waals surface area (Å²) in [5.41, 5.74) is 4.89. The van der Waals surface area contributed by atoms with E-state index in [1.165, 1.54) is 12.1 Å². The van der Waals surface area contributed by atoms with Crippen molar-refractivity contribution in [2.24, 2.45) is 5.73 Å². The van der Waals surface area contributed by atoms with Gasteiger partial charge in [-0.05, 0) is 30.7 Å². The van der Waals surface area contributed by atoms with Crippen LogP contribution in [-0.4, -0.2) is 25.1 Å². The minimum absolute atomic E-state index is 0.163. The highest BCUT2D eigenvalue weighted by atomic mass is 19.4. The van der Waals surface area contributed by atoms with Gasteiger partial charge < -0.3 is 15.8 Å². The Morgan fingerprint density at radius 1 is 1.33 bits per heavy atom. The Bertz CT molecular complexity index is 447. The summed E-state index contributed by atoms with van der Waals surface area (Å²) in [4.78, 5) is 11.5. The van der Waals surface area contributed by atoms with Gasteiger partial charge in [0.05, 0.1) is 18.2 Å². The lowest BCUT2D eigenvalue weighted by atomic mass is 10.2. The summed E-state index contributed by atoms with van der Waals surface area (Å²) >= 11 is 0. The molecule has 0 radical (unpaired) electrons. The van der Waals surface area contributed by atoms with Crippen LogP contribution in [0.1, 0.15) is 25.3 Å². The van der Waals surface area contributed by atoms with E-state index in [1.54, 1.807) is 0 Å². The van der Waals surface area contributed by atoms with E-state index in [2.05, 4.69) is 5.32 Å².